The maximum atomic E-state index is 12.7. The zero-order valence-corrected chi connectivity index (χ0v) is 43.0. The lowest BCUT2D eigenvalue weighted by molar-refractivity contribution is -0.154. The molecule has 382 valence electrons. The molecule has 0 aromatic rings. The van der Waals surface area contributed by atoms with Crippen LogP contribution in [0.25, 0.3) is 0 Å². The van der Waals surface area contributed by atoms with Gasteiger partial charge < -0.3 is 24.6 Å². The SMILES string of the molecule is CC/C=C\C/C=C\C/C=C\C/C=C\C/C=C\C/C=C\C/C=C\CCCC(=O)OC(COCCCCCCCCCCCCCCCCCCCCCCCC)COP(=O)(O)OCC(O)CO. The first kappa shape index (κ1) is 63.6. The molecule has 0 aliphatic rings. The Labute approximate surface area is 405 Å². The fourth-order valence-corrected chi connectivity index (χ4v) is 7.90. The van der Waals surface area contributed by atoms with Crippen LogP contribution < -0.4 is 0 Å². The van der Waals surface area contributed by atoms with Crippen molar-refractivity contribution in [3.63, 3.8) is 0 Å². The molecule has 3 atom stereocenters. The van der Waals surface area contributed by atoms with Gasteiger partial charge in [0.1, 0.15) is 12.2 Å². The van der Waals surface area contributed by atoms with Crippen LogP contribution in [0.2, 0.25) is 0 Å². The van der Waals surface area contributed by atoms with E-state index in [9.17, 15) is 19.4 Å². The van der Waals surface area contributed by atoms with Gasteiger partial charge >= 0.3 is 13.8 Å². The van der Waals surface area contributed by atoms with Gasteiger partial charge in [0.05, 0.1) is 26.4 Å². The maximum absolute atomic E-state index is 12.7. The van der Waals surface area contributed by atoms with Crippen LogP contribution in [0.3, 0.4) is 0 Å². The molecule has 0 amide bonds. The Hall–Kier alpha value is -2.36. The predicted octanol–water partition coefficient (Wildman–Crippen LogP) is 15.8. The third-order valence-electron chi connectivity index (χ3n) is 11.1. The summed E-state index contributed by atoms with van der Waals surface area (Å²) in [6.45, 7) is 3.35. The first-order valence-corrected chi connectivity index (χ1v) is 28.1. The summed E-state index contributed by atoms with van der Waals surface area (Å²) in [5, 5.41) is 18.4. The highest BCUT2D eigenvalue weighted by Crippen LogP contribution is 2.43. The minimum absolute atomic E-state index is 0.0239. The molecule has 66 heavy (non-hydrogen) atoms. The summed E-state index contributed by atoms with van der Waals surface area (Å²) in [4.78, 5) is 22.7. The number of ether oxygens (including phenoxy) is 2. The highest BCUT2D eigenvalue weighted by atomic mass is 31.2. The zero-order chi connectivity index (χ0) is 48.1. The standard InChI is InChI=1S/C56H99O9P/c1-3-5-7-9-11-13-15-17-19-21-23-25-27-28-30-32-34-36-38-40-42-44-46-48-56(59)65-55(53-64-66(60,61)63-51-54(58)50-57)52-62-49-47-45-43-41-39-37-35-33-31-29-26-24-22-20-18-16-14-12-10-8-6-4-2/h5,7,11,13,17,19,23,25,28,30,34,36,40,42,54-55,57-58H,3-4,6,8-10,12,14-16,18,20-22,24,26-27,29,31-33,35,37-39,41,43-53H2,1-2H3,(H,60,61)/b7-5-,13-11-,19-17-,25-23-,30-28-,36-34-,42-40-. The van der Waals surface area contributed by atoms with Crippen LogP contribution in [0.1, 0.15) is 219 Å². The highest BCUT2D eigenvalue weighted by Gasteiger charge is 2.26. The molecule has 0 rings (SSSR count). The number of aliphatic hydroxyl groups is 2. The van der Waals surface area contributed by atoms with Crippen molar-refractivity contribution in [3.05, 3.63) is 85.1 Å². The van der Waals surface area contributed by atoms with Gasteiger partial charge in [-0.15, -0.1) is 0 Å². The molecule has 0 aliphatic carbocycles. The molecule has 0 aliphatic heterocycles. The van der Waals surface area contributed by atoms with Crippen LogP contribution in [-0.4, -0.2) is 66.3 Å². The number of phosphoric ester groups is 1. The number of carbonyl (C=O) groups excluding carboxylic acids is 1. The van der Waals surface area contributed by atoms with Crippen molar-refractivity contribution >= 4 is 13.8 Å². The van der Waals surface area contributed by atoms with Gasteiger partial charge in [-0.3, -0.25) is 13.8 Å². The van der Waals surface area contributed by atoms with E-state index in [0.717, 1.165) is 70.6 Å². The van der Waals surface area contributed by atoms with E-state index in [2.05, 4.69) is 98.9 Å². The lowest BCUT2D eigenvalue weighted by Gasteiger charge is -2.20. The molecule has 0 heterocycles. The molecule has 3 unspecified atom stereocenters. The van der Waals surface area contributed by atoms with Crippen LogP contribution in [0.4, 0.5) is 0 Å². The Morgan fingerprint density at radius 1 is 0.485 bits per heavy atom. The van der Waals surface area contributed by atoms with Gasteiger partial charge in [-0.25, -0.2) is 4.57 Å². The lowest BCUT2D eigenvalue weighted by Crippen LogP contribution is -2.29. The molecule has 0 fully saturated rings. The Morgan fingerprint density at radius 3 is 1.24 bits per heavy atom. The largest absolute Gasteiger partial charge is 0.472 e. The minimum atomic E-state index is -4.54. The summed E-state index contributed by atoms with van der Waals surface area (Å²) in [5.41, 5.74) is 0. The molecule has 0 saturated heterocycles. The molecule has 0 radical (unpaired) electrons. The summed E-state index contributed by atoms with van der Waals surface area (Å²) in [6.07, 6.45) is 65.7. The van der Waals surface area contributed by atoms with Crippen molar-refractivity contribution in [2.45, 2.75) is 232 Å². The van der Waals surface area contributed by atoms with Crippen molar-refractivity contribution in [1.82, 2.24) is 0 Å². The van der Waals surface area contributed by atoms with Crippen molar-refractivity contribution in [1.29, 1.82) is 0 Å². The minimum Gasteiger partial charge on any atom is -0.457 e. The number of carbonyl (C=O) groups is 1. The third kappa shape index (κ3) is 51.0. The zero-order valence-electron chi connectivity index (χ0n) is 42.1. The molecule has 0 aromatic carbocycles. The number of phosphoric acid groups is 1. The van der Waals surface area contributed by atoms with E-state index in [4.69, 9.17) is 23.6 Å². The Bertz CT molecular complexity index is 1300. The molecule has 0 bridgehead atoms. The van der Waals surface area contributed by atoms with E-state index in [1.165, 1.54) is 122 Å². The molecule has 0 spiro atoms. The smallest absolute Gasteiger partial charge is 0.457 e. The van der Waals surface area contributed by atoms with Gasteiger partial charge in [-0.1, -0.05) is 234 Å². The van der Waals surface area contributed by atoms with E-state index in [1.54, 1.807) is 0 Å². The first-order valence-electron chi connectivity index (χ1n) is 26.6. The van der Waals surface area contributed by atoms with Gasteiger partial charge in [0, 0.05) is 13.0 Å². The average molecular weight is 947 g/mol. The molecular formula is C56H99O9P. The normalized spacial score (nSPS) is 14.4. The van der Waals surface area contributed by atoms with Crippen molar-refractivity contribution in [3.8, 4) is 0 Å². The van der Waals surface area contributed by atoms with E-state index in [1.807, 2.05) is 0 Å². The summed E-state index contributed by atoms with van der Waals surface area (Å²) >= 11 is 0. The number of hydrogen-bond acceptors (Lipinski definition) is 8. The third-order valence-corrected chi connectivity index (χ3v) is 12.0. The number of esters is 1. The van der Waals surface area contributed by atoms with Crippen molar-refractivity contribution in [2.75, 3.05) is 33.0 Å². The van der Waals surface area contributed by atoms with Crippen LogP contribution in [0, 0.1) is 0 Å². The van der Waals surface area contributed by atoms with Crippen LogP contribution in [0.5, 0.6) is 0 Å². The van der Waals surface area contributed by atoms with Gasteiger partial charge in [-0.05, 0) is 64.2 Å². The lowest BCUT2D eigenvalue weighted by atomic mass is 10.0. The molecule has 9 nitrogen and oxygen atoms in total. The molecule has 10 heteroatoms. The average Bonchev–Trinajstić information content (AvgIpc) is 3.31. The second-order valence-electron chi connectivity index (χ2n) is 17.5. The quantitative estimate of drug-likeness (QED) is 0.0236. The van der Waals surface area contributed by atoms with E-state index < -0.39 is 45.8 Å². The molecule has 3 N–H and O–H groups in total. The van der Waals surface area contributed by atoms with Gasteiger partial charge in [0.25, 0.3) is 0 Å². The van der Waals surface area contributed by atoms with Crippen molar-refractivity contribution < 1.29 is 43.0 Å². The second kappa shape index (κ2) is 52.0. The van der Waals surface area contributed by atoms with Crippen LogP contribution >= 0.6 is 7.82 Å². The number of allylic oxidation sites excluding steroid dienone is 14. The van der Waals surface area contributed by atoms with E-state index >= 15 is 0 Å². The summed E-state index contributed by atoms with van der Waals surface area (Å²) < 4.78 is 33.5. The summed E-state index contributed by atoms with van der Waals surface area (Å²) in [7, 11) is -4.54. The van der Waals surface area contributed by atoms with Gasteiger partial charge in [0.15, 0.2) is 0 Å². The van der Waals surface area contributed by atoms with E-state index in [-0.39, 0.29) is 13.0 Å². The Morgan fingerprint density at radius 2 is 0.848 bits per heavy atom. The number of hydrogen-bond donors (Lipinski definition) is 3. The Kier molecular flexibility index (Phi) is 50.2. The van der Waals surface area contributed by atoms with E-state index in [0.29, 0.717) is 13.0 Å². The summed E-state index contributed by atoms with van der Waals surface area (Å²) in [6, 6.07) is 0. The number of aliphatic hydroxyl groups excluding tert-OH is 2. The molecule has 0 saturated carbocycles. The second-order valence-corrected chi connectivity index (χ2v) is 19.0. The number of unbranched alkanes of at least 4 members (excludes halogenated alkanes) is 22. The first-order chi connectivity index (χ1) is 32.3. The molecule has 0 aromatic heterocycles. The van der Waals surface area contributed by atoms with Crippen LogP contribution in [0.15, 0.2) is 85.1 Å². The fraction of sp³-hybridized carbons (Fsp3) is 0.732. The Balaban J connectivity index is 4.17. The number of rotatable bonds is 50. The van der Waals surface area contributed by atoms with Gasteiger partial charge in [-0.2, -0.15) is 0 Å². The topological polar surface area (TPSA) is 132 Å². The maximum Gasteiger partial charge on any atom is 0.472 e. The fourth-order valence-electron chi connectivity index (χ4n) is 7.11. The van der Waals surface area contributed by atoms with Crippen LogP contribution in [-0.2, 0) is 27.9 Å². The summed E-state index contributed by atoms with van der Waals surface area (Å²) in [5.74, 6) is -0.439. The van der Waals surface area contributed by atoms with Gasteiger partial charge in [0.2, 0.25) is 0 Å². The van der Waals surface area contributed by atoms with Crippen molar-refractivity contribution in [2.24, 2.45) is 0 Å². The molecular weight excluding hydrogens is 848 g/mol. The monoisotopic (exact) mass is 947 g/mol. The highest BCUT2D eigenvalue weighted by molar-refractivity contribution is 7.47. The predicted molar refractivity (Wildman–Crippen MR) is 279 cm³/mol.